The predicted molar refractivity (Wildman–Crippen MR) is 145 cm³/mol. The number of thiophene rings is 1. The van der Waals surface area contributed by atoms with Crippen LogP contribution in [0, 0.1) is 25.7 Å². The van der Waals surface area contributed by atoms with Crippen molar-refractivity contribution < 1.29 is 9.59 Å². The number of nitrogens with zero attached hydrogens (tertiary/aromatic N) is 2. The molecule has 1 aromatic heterocycles. The first kappa shape index (κ1) is 25.4. The predicted octanol–water partition coefficient (Wildman–Crippen LogP) is 6.72. The molecule has 1 aliphatic rings. The van der Waals surface area contributed by atoms with E-state index in [4.69, 9.17) is 0 Å². The van der Waals surface area contributed by atoms with Gasteiger partial charge in [-0.3, -0.25) is 14.6 Å². The van der Waals surface area contributed by atoms with E-state index >= 15 is 0 Å². The summed E-state index contributed by atoms with van der Waals surface area (Å²) in [5.74, 6) is 0.672. The second-order valence-electron chi connectivity index (χ2n) is 10.5. The lowest BCUT2D eigenvalue weighted by Crippen LogP contribution is -2.69. The highest BCUT2D eigenvalue weighted by atomic mass is 32.1. The van der Waals surface area contributed by atoms with Crippen LogP contribution >= 0.6 is 11.3 Å². The van der Waals surface area contributed by atoms with Gasteiger partial charge in [-0.25, -0.2) is 5.01 Å². The summed E-state index contributed by atoms with van der Waals surface area (Å²) in [4.78, 5) is 28.4. The number of para-hydroxylation sites is 1. The Morgan fingerprint density at radius 3 is 2.31 bits per heavy atom. The Labute approximate surface area is 213 Å². The van der Waals surface area contributed by atoms with Crippen LogP contribution in [0.15, 0.2) is 48.5 Å². The highest BCUT2D eigenvalue weighted by molar-refractivity contribution is 7.19. The van der Waals surface area contributed by atoms with Crippen molar-refractivity contribution in [1.29, 1.82) is 0 Å². The standard InChI is InChI=1S/C29H37N3O2S/c1-18(2)14-15-31-27(25-17-22-12-7-8-13-24(22)35-25)29(34)32(31)23(16-19(3)4)28(33)30-26-20(5)10-9-11-21(26)6/h7-13,17-19,23,27H,14-16H2,1-6H3,(H,30,33). The summed E-state index contributed by atoms with van der Waals surface area (Å²) in [5, 5.41) is 8.21. The van der Waals surface area contributed by atoms with Gasteiger partial charge in [-0.2, -0.15) is 0 Å². The van der Waals surface area contributed by atoms with Crippen LogP contribution in [0.25, 0.3) is 10.1 Å². The normalized spacial score (nSPS) is 17.3. The Morgan fingerprint density at radius 1 is 1.00 bits per heavy atom. The first-order valence-electron chi connectivity index (χ1n) is 12.6. The third kappa shape index (κ3) is 5.29. The van der Waals surface area contributed by atoms with Gasteiger partial charge in [0.15, 0.2) is 0 Å². The summed E-state index contributed by atoms with van der Waals surface area (Å²) in [6.45, 7) is 13.3. The number of hydrazine groups is 1. The van der Waals surface area contributed by atoms with E-state index in [-0.39, 0.29) is 23.8 Å². The molecule has 3 aromatic rings. The van der Waals surface area contributed by atoms with Gasteiger partial charge in [-0.1, -0.05) is 64.1 Å². The number of aryl methyl sites for hydroxylation is 2. The van der Waals surface area contributed by atoms with Gasteiger partial charge in [-0.05, 0) is 67.2 Å². The summed E-state index contributed by atoms with van der Waals surface area (Å²) >= 11 is 1.68. The van der Waals surface area contributed by atoms with Crippen LogP contribution in [-0.4, -0.2) is 34.4 Å². The van der Waals surface area contributed by atoms with Crippen molar-refractivity contribution in [1.82, 2.24) is 10.0 Å². The van der Waals surface area contributed by atoms with E-state index in [2.05, 4.69) is 56.2 Å². The molecule has 1 N–H and O–H groups in total. The van der Waals surface area contributed by atoms with Crippen molar-refractivity contribution >= 4 is 38.9 Å². The van der Waals surface area contributed by atoms with Crippen LogP contribution in [0.4, 0.5) is 5.69 Å². The Morgan fingerprint density at radius 2 is 1.69 bits per heavy atom. The highest BCUT2D eigenvalue weighted by Crippen LogP contribution is 2.42. The highest BCUT2D eigenvalue weighted by Gasteiger charge is 2.51. The molecule has 0 saturated carbocycles. The van der Waals surface area contributed by atoms with Gasteiger partial charge in [0.05, 0.1) is 0 Å². The number of nitrogens with one attached hydrogen (secondary N) is 1. The van der Waals surface area contributed by atoms with Crippen LogP contribution in [0.3, 0.4) is 0 Å². The van der Waals surface area contributed by atoms with E-state index < -0.39 is 6.04 Å². The van der Waals surface area contributed by atoms with Gasteiger partial charge in [0, 0.05) is 21.8 Å². The SMILES string of the molecule is Cc1cccc(C)c1NC(=O)C(CC(C)C)N1C(=O)C(c2cc3ccccc3s2)N1CCC(C)C. The van der Waals surface area contributed by atoms with Gasteiger partial charge in [-0.15, -0.1) is 11.3 Å². The maximum Gasteiger partial charge on any atom is 0.262 e. The maximum atomic E-state index is 13.7. The second-order valence-corrected chi connectivity index (χ2v) is 11.6. The van der Waals surface area contributed by atoms with Crippen molar-refractivity contribution in [3.63, 3.8) is 0 Å². The van der Waals surface area contributed by atoms with Crippen molar-refractivity contribution in [2.45, 2.75) is 66.5 Å². The van der Waals surface area contributed by atoms with E-state index in [1.165, 1.54) is 4.70 Å². The number of carbonyl (C=O) groups is 2. The number of hydrogen-bond donors (Lipinski definition) is 1. The number of amides is 2. The quantitative estimate of drug-likeness (QED) is 0.362. The summed E-state index contributed by atoms with van der Waals surface area (Å²) in [5.41, 5.74) is 2.89. The maximum absolute atomic E-state index is 13.7. The fourth-order valence-corrected chi connectivity index (χ4v) is 5.96. The van der Waals surface area contributed by atoms with Crippen LogP contribution in [-0.2, 0) is 9.59 Å². The molecule has 0 radical (unpaired) electrons. The number of carbonyl (C=O) groups excluding carboxylic acids is 2. The summed E-state index contributed by atoms with van der Waals surface area (Å²) in [7, 11) is 0. The monoisotopic (exact) mass is 491 g/mol. The molecule has 6 heteroatoms. The molecule has 1 fully saturated rings. The second kappa shape index (κ2) is 10.5. The van der Waals surface area contributed by atoms with Crippen molar-refractivity contribution in [2.24, 2.45) is 11.8 Å². The van der Waals surface area contributed by atoms with Crippen LogP contribution in [0.5, 0.6) is 0 Å². The molecule has 2 amide bonds. The minimum atomic E-state index is -0.542. The molecule has 0 bridgehead atoms. The average molecular weight is 492 g/mol. The number of benzene rings is 2. The van der Waals surface area contributed by atoms with Crippen LogP contribution in [0.1, 0.15) is 62.6 Å². The molecule has 1 saturated heterocycles. The molecule has 2 heterocycles. The fourth-order valence-electron chi connectivity index (χ4n) is 4.80. The van der Waals surface area contributed by atoms with E-state index in [0.717, 1.165) is 40.0 Å². The molecular weight excluding hydrogens is 454 g/mol. The number of fused-ring (bicyclic) bond motifs is 1. The number of rotatable bonds is 9. The molecule has 186 valence electrons. The largest absolute Gasteiger partial charge is 0.324 e. The average Bonchev–Trinajstić information content (AvgIpc) is 3.21. The molecule has 0 aliphatic carbocycles. The molecule has 4 rings (SSSR count). The van der Waals surface area contributed by atoms with Gasteiger partial charge in [0.1, 0.15) is 12.1 Å². The number of anilines is 1. The minimum Gasteiger partial charge on any atom is -0.324 e. The summed E-state index contributed by atoms with van der Waals surface area (Å²) < 4.78 is 1.18. The van der Waals surface area contributed by atoms with Crippen molar-refractivity contribution in [2.75, 3.05) is 11.9 Å². The fraction of sp³-hybridized carbons (Fsp3) is 0.448. The molecule has 2 atom stereocenters. The lowest BCUT2D eigenvalue weighted by molar-refractivity contribution is -0.208. The first-order valence-corrected chi connectivity index (χ1v) is 13.4. The molecule has 0 spiro atoms. The molecule has 2 aromatic carbocycles. The van der Waals surface area contributed by atoms with E-state index in [0.29, 0.717) is 12.3 Å². The third-order valence-electron chi connectivity index (χ3n) is 6.71. The zero-order chi connectivity index (χ0) is 25.3. The lowest BCUT2D eigenvalue weighted by Gasteiger charge is -2.53. The van der Waals surface area contributed by atoms with Crippen LogP contribution < -0.4 is 5.32 Å². The Bertz CT molecular complexity index is 1160. The molecule has 5 nitrogen and oxygen atoms in total. The minimum absolute atomic E-state index is 0.0163. The van der Waals surface area contributed by atoms with E-state index in [1.54, 1.807) is 16.3 Å². The van der Waals surface area contributed by atoms with Gasteiger partial charge in [0.25, 0.3) is 5.91 Å². The smallest absolute Gasteiger partial charge is 0.262 e. The third-order valence-corrected chi connectivity index (χ3v) is 7.87. The first-order chi connectivity index (χ1) is 16.7. The Kier molecular flexibility index (Phi) is 7.62. The topological polar surface area (TPSA) is 52.7 Å². The van der Waals surface area contributed by atoms with Gasteiger partial charge in [0.2, 0.25) is 5.91 Å². The van der Waals surface area contributed by atoms with Crippen molar-refractivity contribution in [3.8, 4) is 0 Å². The molecular formula is C29H37N3O2S. The zero-order valence-corrected chi connectivity index (χ0v) is 22.5. The van der Waals surface area contributed by atoms with E-state index in [1.807, 2.05) is 44.2 Å². The summed E-state index contributed by atoms with van der Waals surface area (Å²) in [6, 6.07) is 15.5. The number of hydrogen-bond acceptors (Lipinski definition) is 4. The Balaban J connectivity index is 1.65. The van der Waals surface area contributed by atoms with Crippen LogP contribution in [0.2, 0.25) is 0 Å². The molecule has 2 unspecified atom stereocenters. The van der Waals surface area contributed by atoms with Crippen molar-refractivity contribution in [3.05, 3.63) is 64.5 Å². The van der Waals surface area contributed by atoms with Gasteiger partial charge < -0.3 is 5.32 Å². The van der Waals surface area contributed by atoms with Gasteiger partial charge >= 0.3 is 0 Å². The molecule has 35 heavy (non-hydrogen) atoms. The summed E-state index contributed by atoms with van der Waals surface area (Å²) in [6.07, 6.45) is 1.57. The zero-order valence-electron chi connectivity index (χ0n) is 21.7. The Hall–Kier alpha value is -2.70. The lowest BCUT2D eigenvalue weighted by atomic mass is 9.97. The molecule has 1 aliphatic heterocycles. The van der Waals surface area contributed by atoms with E-state index in [9.17, 15) is 9.59 Å².